The fraction of sp³-hybridized carbons (Fsp3) is 0.348. The number of benzene rings is 2. The minimum Gasteiger partial charge on any atom is -0.486 e. The SMILES string of the molecule is CC(C)CCn1c(COc2ccccc2)nnc1SC(C)C(=O)Nc1c(F)cccc1F. The molecule has 3 rings (SSSR count). The van der Waals surface area contributed by atoms with Crippen LogP contribution in [0.1, 0.15) is 33.0 Å². The standard InChI is InChI=1S/C23H26F2N4O2S/c1-15(2)12-13-29-20(14-31-17-8-5-4-6-9-17)27-28-23(29)32-16(3)22(30)26-21-18(24)10-7-11-19(21)25/h4-11,15-16H,12-14H2,1-3H3,(H,26,30). The quantitative estimate of drug-likeness (QED) is 0.416. The molecule has 0 fully saturated rings. The fourth-order valence-corrected chi connectivity index (χ4v) is 3.74. The van der Waals surface area contributed by atoms with Gasteiger partial charge in [0.05, 0.1) is 5.25 Å². The van der Waals surface area contributed by atoms with E-state index >= 15 is 0 Å². The molecule has 0 saturated carbocycles. The maximum absolute atomic E-state index is 13.9. The molecule has 1 amide bonds. The van der Waals surface area contributed by atoms with Crippen molar-refractivity contribution in [1.29, 1.82) is 0 Å². The van der Waals surface area contributed by atoms with Crippen LogP contribution in [0, 0.1) is 17.6 Å². The van der Waals surface area contributed by atoms with Gasteiger partial charge in [0.25, 0.3) is 0 Å². The van der Waals surface area contributed by atoms with Gasteiger partial charge < -0.3 is 14.6 Å². The van der Waals surface area contributed by atoms with Gasteiger partial charge in [0.1, 0.15) is 29.7 Å². The van der Waals surface area contributed by atoms with Crippen LogP contribution in [0.5, 0.6) is 5.75 Å². The molecule has 0 aliphatic carbocycles. The highest BCUT2D eigenvalue weighted by atomic mass is 32.2. The molecule has 0 aliphatic rings. The number of aromatic nitrogens is 3. The van der Waals surface area contributed by atoms with Gasteiger partial charge in [-0.1, -0.05) is 49.9 Å². The Kier molecular flexibility index (Phi) is 8.21. The first-order valence-electron chi connectivity index (χ1n) is 10.4. The highest BCUT2D eigenvalue weighted by Gasteiger charge is 2.22. The molecule has 1 aromatic heterocycles. The van der Waals surface area contributed by atoms with Crippen LogP contribution in [0.4, 0.5) is 14.5 Å². The summed E-state index contributed by atoms with van der Waals surface area (Å²) in [6.45, 7) is 6.79. The average molecular weight is 461 g/mol. The summed E-state index contributed by atoms with van der Waals surface area (Å²) in [6, 6.07) is 12.8. The van der Waals surface area contributed by atoms with Crippen LogP contribution in [-0.2, 0) is 17.9 Å². The average Bonchev–Trinajstić information content (AvgIpc) is 3.15. The van der Waals surface area contributed by atoms with Crippen molar-refractivity contribution in [2.75, 3.05) is 5.32 Å². The fourth-order valence-electron chi connectivity index (χ4n) is 2.84. The molecule has 0 aliphatic heterocycles. The number of thioether (sulfide) groups is 1. The molecule has 9 heteroatoms. The number of nitrogens with one attached hydrogen (secondary N) is 1. The highest BCUT2D eigenvalue weighted by molar-refractivity contribution is 8.00. The summed E-state index contributed by atoms with van der Waals surface area (Å²) in [4.78, 5) is 12.6. The number of amides is 1. The molecule has 1 heterocycles. The van der Waals surface area contributed by atoms with Gasteiger partial charge in [-0.25, -0.2) is 8.78 Å². The second-order valence-electron chi connectivity index (χ2n) is 7.68. The summed E-state index contributed by atoms with van der Waals surface area (Å²) in [6.07, 6.45) is 0.894. The van der Waals surface area contributed by atoms with Crippen LogP contribution >= 0.6 is 11.8 Å². The number of anilines is 1. The second-order valence-corrected chi connectivity index (χ2v) is 8.99. The number of rotatable bonds is 10. The van der Waals surface area contributed by atoms with Gasteiger partial charge in [-0.2, -0.15) is 0 Å². The zero-order valence-electron chi connectivity index (χ0n) is 18.2. The molecule has 0 spiro atoms. The van der Waals surface area contributed by atoms with Crippen LogP contribution in [0.15, 0.2) is 53.7 Å². The molecule has 170 valence electrons. The number of carbonyl (C=O) groups excluding carboxylic acids is 1. The first-order chi connectivity index (χ1) is 15.3. The predicted octanol–water partition coefficient (Wildman–Crippen LogP) is 5.30. The van der Waals surface area contributed by atoms with Crippen LogP contribution in [0.25, 0.3) is 0 Å². The summed E-state index contributed by atoms with van der Waals surface area (Å²) in [7, 11) is 0. The number of carbonyl (C=O) groups is 1. The normalized spacial score (nSPS) is 12.1. The summed E-state index contributed by atoms with van der Waals surface area (Å²) >= 11 is 1.18. The van der Waals surface area contributed by atoms with Crippen molar-refractivity contribution >= 4 is 23.4 Å². The molecule has 1 unspecified atom stereocenters. The van der Waals surface area contributed by atoms with Gasteiger partial charge >= 0.3 is 0 Å². The molecule has 1 N–H and O–H groups in total. The smallest absolute Gasteiger partial charge is 0.237 e. The molecule has 0 bridgehead atoms. The third-order valence-electron chi connectivity index (χ3n) is 4.70. The first kappa shape index (κ1) is 23.7. The van der Waals surface area contributed by atoms with Gasteiger partial charge in [-0.05, 0) is 43.5 Å². The zero-order valence-corrected chi connectivity index (χ0v) is 19.0. The van der Waals surface area contributed by atoms with Crippen molar-refractivity contribution in [3.05, 3.63) is 66.0 Å². The van der Waals surface area contributed by atoms with Gasteiger partial charge in [-0.15, -0.1) is 10.2 Å². The molecular formula is C23H26F2N4O2S. The summed E-state index contributed by atoms with van der Waals surface area (Å²) in [5.74, 6) is -0.348. The number of hydrogen-bond donors (Lipinski definition) is 1. The lowest BCUT2D eigenvalue weighted by Gasteiger charge is -2.15. The summed E-state index contributed by atoms with van der Waals surface area (Å²) in [5.41, 5.74) is -0.455. The number of para-hydroxylation sites is 2. The van der Waals surface area contributed by atoms with Crippen molar-refractivity contribution in [2.45, 2.75) is 50.8 Å². The lowest BCUT2D eigenvalue weighted by atomic mass is 10.1. The maximum atomic E-state index is 13.9. The Morgan fingerprint density at radius 2 is 1.75 bits per heavy atom. The largest absolute Gasteiger partial charge is 0.486 e. The van der Waals surface area contributed by atoms with E-state index in [-0.39, 0.29) is 6.61 Å². The number of hydrogen-bond acceptors (Lipinski definition) is 5. The van der Waals surface area contributed by atoms with Crippen LogP contribution in [-0.4, -0.2) is 25.9 Å². The zero-order chi connectivity index (χ0) is 23.1. The molecular weight excluding hydrogens is 434 g/mol. The Morgan fingerprint density at radius 3 is 2.41 bits per heavy atom. The van der Waals surface area contributed by atoms with E-state index in [9.17, 15) is 13.6 Å². The molecule has 32 heavy (non-hydrogen) atoms. The van der Waals surface area contributed by atoms with Crippen molar-refractivity contribution in [3.8, 4) is 5.75 Å². The first-order valence-corrected chi connectivity index (χ1v) is 11.2. The highest BCUT2D eigenvalue weighted by Crippen LogP contribution is 2.26. The Bertz CT molecular complexity index is 1020. The van der Waals surface area contributed by atoms with Gasteiger partial charge in [-0.3, -0.25) is 4.79 Å². The maximum Gasteiger partial charge on any atom is 0.237 e. The molecule has 3 aromatic rings. The van der Waals surface area contributed by atoms with E-state index < -0.39 is 28.5 Å². The minimum absolute atomic E-state index is 0.233. The molecule has 0 saturated heterocycles. The van der Waals surface area contributed by atoms with Crippen LogP contribution in [0.2, 0.25) is 0 Å². The monoisotopic (exact) mass is 460 g/mol. The molecule has 1 atom stereocenters. The second kappa shape index (κ2) is 11.1. The van der Waals surface area contributed by atoms with Gasteiger partial charge in [0.2, 0.25) is 5.91 Å². The number of halogens is 2. The van der Waals surface area contributed by atoms with E-state index in [1.54, 1.807) is 6.92 Å². The predicted molar refractivity (Wildman–Crippen MR) is 121 cm³/mol. The van der Waals surface area contributed by atoms with Gasteiger partial charge in [0.15, 0.2) is 11.0 Å². The lowest BCUT2D eigenvalue weighted by molar-refractivity contribution is -0.115. The molecule has 0 radical (unpaired) electrons. The van der Waals surface area contributed by atoms with E-state index in [0.717, 1.165) is 24.3 Å². The third kappa shape index (κ3) is 6.29. The van der Waals surface area contributed by atoms with E-state index in [0.29, 0.717) is 23.4 Å². The molecule has 2 aromatic carbocycles. The summed E-state index contributed by atoms with van der Waals surface area (Å²) < 4.78 is 35.5. The van der Waals surface area contributed by atoms with Crippen molar-refractivity contribution < 1.29 is 18.3 Å². The Hall–Kier alpha value is -2.94. The van der Waals surface area contributed by atoms with Crippen molar-refractivity contribution in [2.24, 2.45) is 5.92 Å². The third-order valence-corrected chi connectivity index (χ3v) is 5.78. The van der Waals surface area contributed by atoms with E-state index in [1.165, 1.54) is 17.8 Å². The lowest BCUT2D eigenvalue weighted by Crippen LogP contribution is -2.24. The Morgan fingerprint density at radius 1 is 1.06 bits per heavy atom. The van der Waals surface area contributed by atoms with Crippen molar-refractivity contribution in [3.63, 3.8) is 0 Å². The van der Waals surface area contributed by atoms with E-state index in [2.05, 4.69) is 29.4 Å². The topological polar surface area (TPSA) is 69.0 Å². The van der Waals surface area contributed by atoms with Crippen LogP contribution < -0.4 is 10.1 Å². The van der Waals surface area contributed by atoms with E-state index in [1.807, 2.05) is 34.9 Å². The Labute approximate surface area is 190 Å². The number of ether oxygens (including phenoxy) is 1. The minimum atomic E-state index is -0.823. The number of nitrogens with zero attached hydrogens (tertiary/aromatic N) is 3. The molecule has 6 nitrogen and oxygen atoms in total. The van der Waals surface area contributed by atoms with Crippen molar-refractivity contribution in [1.82, 2.24) is 14.8 Å². The Balaban J connectivity index is 1.72. The van der Waals surface area contributed by atoms with Crippen LogP contribution in [0.3, 0.4) is 0 Å². The van der Waals surface area contributed by atoms with E-state index in [4.69, 9.17) is 4.74 Å². The summed E-state index contributed by atoms with van der Waals surface area (Å²) in [5, 5.41) is 10.7. The van der Waals surface area contributed by atoms with Gasteiger partial charge in [0, 0.05) is 6.54 Å².